The van der Waals surface area contributed by atoms with E-state index in [9.17, 15) is 32.1 Å². The van der Waals surface area contributed by atoms with Crippen LogP contribution in [0, 0.1) is 21.7 Å². The van der Waals surface area contributed by atoms with Gasteiger partial charge in [0.25, 0.3) is 5.69 Å². The number of benzene rings is 1. The number of halogens is 5. The molecule has 0 aliphatic rings. The average Bonchev–Trinajstić information content (AvgIpc) is 2.21. The Balaban J connectivity index is 3.46. The van der Waals surface area contributed by atoms with Crippen molar-refractivity contribution in [1.29, 1.82) is 0 Å². The summed E-state index contributed by atoms with van der Waals surface area (Å²) in [5.41, 5.74) is 2.75. The second kappa shape index (κ2) is 4.84. The summed E-state index contributed by atoms with van der Waals surface area (Å²) >= 11 is 0. The third-order valence-corrected chi connectivity index (χ3v) is 2.27. The maximum atomic E-state index is 12.9. The first-order chi connectivity index (χ1) is 8.18. The monoisotopic (exact) mass is 270 g/mol. The lowest BCUT2D eigenvalue weighted by Crippen LogP contribution is -2.28. The lowest BCUT2D eigenvalue weighted by molar-refractivity contribution is -0.386. The Morgan fingerprint density at radius 3 is 2.17 bits per heavy atom. The molecule has 0 aromatic heterocycles. The number of alkyl halides is 3. The first kappa shape index (κ1) is 14.3. The van der Waals surface area contributed by atoms with E-state index >= 15 is 0 Å². The quantitative estimate of drug-likeness (QED) is 0.521. The molecule has 0 bridgehead atoms. The van der Waals surface area contributed by atoms with Gasteiger partial charge in [0.05, 0.1) is 16.9 Å². The van der Waals surface area contributed by atoms with Gasteiger partial charge in [-0.2, -0.15) is 13.2 Å². The summed E-state index contributed by atoms with van der Waals surface area (Å²) < 4.78 is 63.4. The van der Waals surface area contributed by atoms with Gasteiger partial charge in [-0.05, 0) is 6.07 Å². The molecule has 0 heterocycles. The van der Waals surface area contributed by atoms with E-state index < -0.39 is 46.4 Å². The SMILES string of the molecule is NCC(c1cc(F)c(F)cc1[N+](=O)[O-])C(F)(F)F. The minimum absolute atomic E-state index is 0.110. The highest BCUT2D eigenvalue weighted by Gasteiger charge is 2.43. The van der Waals surface area contributed by atoms with E-state index in [-0.39, 0.29) is 12.1 Å². The van der Waals surface area contributed by atoms with Gasteiger partial charge < -0.3 is 5.73 Å². The summed E-state index contributed by atoms with van der Waals surface area (Å²) in [6.45, 7) is -1.00. The lowest BCUT2D eigenvalue weighted by Gasteiger charge is -2.18. The number of nitro groups is 1. The van der Waals surface area contributed by atoms with Crippen LogP contribution >= 0.6 is 0 Å². The van der Waals surface area contributed by atoms with Gasteiger partial charge in [0, 0.05) is 12.1 Å². The van der Waals surface area contributed by atoms with Gasteiger partial charge in [0.2, 0.25) is 0 Å². The summed E-state index contributed by atoms with van der Waals surface area (Å²) in [5, 5.41) is 10.5. The second-order valence-electron chi connectivity index (χ2n) is 3.41. The third kappa shape index (κ3) is 2.73. The van der Waals surface area contributed by atoms with Crippen molar-refractivity contribution >= 4 is 5.69 Å². The van der Waals surface area contributed by atoms with Crippen molar-refractivity contribution in [3.63, 3.8) is 0 Å². The van der Waals surface area contributed by atoms with Crippen LogP contribution in [0.25, 0.3) is 0 Å². The van der Waals surface area contributed by atoms with Crippen LogP contribution < -0.4 is 5.73 Å². The third-order valence-electron chi connectivity index (χ3n) is 2.27. The topological polar surface area (TPSA) is 69.2 Å². The molecule has 1 atom stereocenters. The van der Waals surface area contributed by atoms with Gasteiger partial charge in [0.1, 0.15) is 0 Å². The number of nitrogens with zero attached hydrogens (tertiary/aromatic N) is 1. The van der Waals surface area contributed by atoms with Crippen molar-refractivity contribution < 1.29 is 26.9 Å². The summed E-state index contributed by atoms with van der Waals surface area (Å²) in [5.74, 6) is -5.62. The molecule has 2 N–H and O–H groups in total. The molecule has 0 amide bonds. The summed E-state index contributed by atoms with van der Waals surface area (Å²) in [6.07, 6.45) is -4.89. The molecule has 18 heavy (non-hydrogen) atoms. The van der Waals surface area contributed by atoms with Crippen LogP contribution in [0.15, 0.2) is 12.1 Å². The van der Waals surface area contributed by atoms with Crippen molar-refractivity contribution in [3.8, 4) is 0 Å². The van der Waals surface area contributed by atoms with E-state index in [1.165, 1.54) is 0 Å². The molecule has 0 saturated heterocycles. The molecule has 100 valence electrons. The van der Waals surface area contributed by atoms with Crippen LogP contribution in [0.1, 0.15) is 11.5 Å². The van der Waals surface area contributed by atoms with E-state index in [0.29, 0.717) is 0 Å². The van der Waals surface area contributed by atoms with Crippen LogP contribution in [0.2, 0.25) is 0 Å². The Morgan fingerprint density at radius 1 is 1.28 bits per heavy atom. The standard InChI is InChI=1S/C9H7F5N2O2/c10-6-1-4(5(3-15)9(12,13)14)8(16(17)18)2-7(6)11/h1-2,5H,3,15H2. The van der Waals surface area contributed by atoms with Crippen molar-refractivity contribution in [2.45, 2.75) is 12.1 Å². The Bertz CT molecular complexity index is 475. The van der Waals surface area contributed by atoms with Gasteiger partial charge in [-0.3, -0.25) is 10.1 Å². The van der Waals surface area contributed by atoms with Gasteiger partial charge in [-0.25, -0.2) is 8.78 Å². The highest BCUT2D eigenvalue weighted by atomic mass is 19.4. The van der Waals surface area contributed by atoms with Crippen LogP contribution in [-0.4, -0.2) is 17.6 Å². The average molecular weight is 270 g/mol. The van der Waals surface area contributed by atoms with Crippen molar-refractivity contribution in [3.05, 3.63) is 39.4 Å². The van der Waals surface area contributed by atoms with Crippen LogP contribution in [-0.2, 0) is 0 Å². The van der Waals surface area contributed by atoms with E-state index in [1.807, 2.05) is 0 Å². The fourth-order valence-electron chi connectivity index (χ4n) is 1.43. The minimum atomic E-state index is -4.89. The fraction of sp³-hybridized carbons (Fsp3) is 0.333. The number of rotatable bonds is 3. The first-order valence-electron chi connectivity index (χ1n) is 4.58. The molecular weight excluding hydrogens is 263 g/mol. The molecule has 1 aromatic rings. The molecule has 4 nitrogen and oxygen atoms in total. The maximum absolute atomic E-state index is 12.9. The maximum Gasteiger partial charge on any atom is 0.397 e. The molecular formula is C9H7F5N2O2. The number of hydrogen-bond donors (Lipinski definition) is 1. The van der Waals surface area contributed by atoms with Gasteiger partial charge in [-0.1, -0.05) is 0 Å². The van der Waals surface area contributed by atoms with Crippen LogP contribution in [0.5, 0.6) is 0 Å². The predicted octanol–water partition coefficient (Wildman–Crippen LogP) is 2.48. The Kier molecular flexibility index (Phi) is 3.85. The van der Waals surface area contributed by atoms with Crippen LogP contribution in [0.4, 0.5) is 27.6 Å². The predicted molar refractivity (Wildman–Crippen MR) is 50.9 cm³/mol. The second-order valence-corrected chi connectivity index (χ2v) is 3.41. The van der Waals surface area contributed by atoms with E-state index in [0.717, 1.165) is 0 Å². The molecule has 0 aliphatic carbocycles. The zero-order valence-electron chi connectivity index (χ0n) is 8.67. The van der Waals surface area contributed by atoms with Crippen molar-refractivity contribution in [1.82, 2.24) is 0 Å². The molecule has 9 heteroatoms. The molecule has 1 unspecified atom stereocenters. The Hall–Kier alpha value is -1.77. The van der Waals surface area contributed by atoms with Crippen LogP contribution in [0.3, 0.4) is 0 Å². The highest BCUT2D eigenvalue weighted by Crippen LogP contribution is 2.39. The largest absolute Gasteiger partial charge is 0.397 e. The van der Waals surface area contributed by atoms with Gasteiger partial charge >= 0.3 is 6.18 Å². The molecule has 0 saturated carbocycles. The fourth-order valence-corrected chi connectivity index (χ4v) is 1.43. The molecule has 1 aromatic carbocycles. The van der Waals surface area contributed by atoms with E-state index in [4.69, 9.17) is 5.73 Å². The normalized spacial score (nSPS) is 13.4. The lowest BCUT2D eigenvalue weighted by atomic mass is 9.96. The molecule has 1 rings (SSSR count). The van der Waals surface area contributed by atoms with Crippen molar-refractivity contribution in [2.24, 2.45) is 5.73 Å². The first-order valence-corrected chi connectivity index (χ1v) is 4.58. The highest BCUT2D eigenvalue weighted by molar-refractivity contribution is 5.44. The van der Waals surface area contributed by atoms with E-state index in [1.54, 1.807) is 0 Å². The van der Waals surface area contributed by atoms with Gasteiger partial charge in [-0.15, -0.1) is 0 Å². The summed E-state index contributed by atoms with van der Waals surface area (Å²) in [4.78, 5) is 9.32. The summed E-state index contributed by atoms with van der Waals surface area (Å²) in [6, 6.07) is 0.261. The zero-order valence-corrected chi connectivity index (χ0v) is 8.67. The zero-order chi connectivity index (χ0) is 14.1. The van der Waals surface area contributed by atoms with E-state index in [2.05, 4.69) is 0 Å². The number of nitrogens with two attached hydrogens (primary N) is 1. The van der Waals surface area contributed by atoms with Gasteiger partial charge in [0.15, 0.2) is 11.6 Å². The molecule has 0 radical (unpaired) electrons. The number of hydrogen-bond acceptors (Lipinski definition) is 3. The number of nitro benzene ring substituents is 1. The summed E-state index contributed by atoms with van der Waals surface area (Å²) in [7, 11) is 0. The molecule has 0 aliphatic heterocycles. The molecule has 0 spiro atoms. The molecule has 0 fully saturated rings. The smallest absolute Gasteiger partial charge is 0.330 e. The minimum Gasteiger partial charge on any atom is -0.330 e. The Labute approximate surface area is 97.3 Å². The Morgan fingerprint density at radius 2 is 1.78 bits per heavy atom. The van der Waals surface area contributed by atoms with Crippen molar-refractivity contribution in [2.75, 3.05) is 6.54 Å².